The summed E-state index contributed by atoms with van der Waals surface area (Å²) in [5.74, 6) is 0.550. The fourth-order valence-corrected chi connectivity index (χ4v) is 4.94. The number of carbonyl (C=O) groups excluding carboxylic acids is 1. The van der Waals surface area contributed by atoms with E-state index in [-0.39, 0.29) is 30.5 Å². The van der Waals surface area contributed by atoms with E-state index in [9.17, 15) is 13.2 Å². The molecule has 1 aliphatic heterocycles. The molecular formula is C17H24N2O4S. The average Bonchev–Trinajstić information content (AvgIpc) is 2.51. The molecule has 1 heterocycles. The van der Waals surface area contributed by atoms with Crippen LogP contribution in [0.2, 0.25) is 0 Å². The summed E-state index contributed by atoms with van der Waals surface area (Å²) in [7, 11) is -2.88. The number of nitrogens with one attached hydrogen (secondary N) is 2. The molecule has 2 fully saturated rings. The molecule has 0 bridgehead atoms. The molecule has 6 nitrogen and oxygen atoms in total. The highest BCUT2D eigenvalue weighted by Gasteiger charge is 2.34. The van der Waals surface area contributed by atoms with Crippen LogP contribution in [0.4, 0.5) is 4.79 Å². The Morgan fingerprint density at radius 2 is 1.88 bits per heavy atom. The van der Waals surface area contributed by atoms with Crippen LogP contribution in [0.1, 0.15) is 31.2 Å². The second-order valence-electron chi connectivity index (χ2n) is 6.69. The largest absolute Gasteiger partial charge is 0.445 e. The molecule has 2 aliphatic rings. The molecule has 1 aromatic carbocycles. The fourth-order valence-electron chi connectivity index (χ4n) is 3.29. The molecule has 2 N–H and O–H groups in total. The zero-order chi connectivity index (χ0) is 17.0. The Labute approximate surface area is 142 Å². The van der Waals surface area contributed by atoms with Gasteiger partial charge in [-0.05, 0) is 31.2 Å². The Balaban J connectivity index is 1.33. The summed E-state index contributed by atoms with van der Waals surface area (Å²) in [4.78, 5) is 11.8. The van der Waals surface area contributed by atoms with Gasteiger partial charge in [0.25, 0.3) is 0 Å². The summed E-state index contributed by atoms with van der Waals surface area (Å²) < 4.78 is 28.5. The quantitative estimate of drug-likeness (QED) is 0.841. The Hall–Kier alpha value is -1.60. The van der Waals surface area contributed by atoms with E-state index in [0.29, 0.717) is 5.75 Å². The lowest BCUT2D eigenvalue weighted by Crippen LogP contribution is -2.56. The summed E-state index contributed by atoms with van der Waals surface area (Å²) in [5, 5.41) is 6.25. The minimum absolute atomic E-state index is 0.0553. The number of amides is 1. The van der Waals surface area contributed by atoms with Gasteiger partial charge in [-0.15, -0.1) is 0 Å². The minimum atomic E-state index is -2.88. The number of hydrogen-bond donors (Lipinski definition) is 2. The Morgan fingerprint density at radius 3 is 2.58 bits per heavy atom. The molecular weight excluding hydrogens is 328 g/mol. The van der Waals surface area contributed by atoms with Gasteiger partial charge in [0.2, 0.25) is 0 Å². The van der Waals surface area contributed by atoms with E-state index in [1.165, 1.54) is 0 Å². The maximum Gasteiger partial charge on any atom is 0.407 e. The molecule has 0 aromatic heterocycles. The maximum atomic E-state index is 11.8. The zero-order valence-electron chi connectivity index (χ0n) is 13.6. The van der Waals surface area contributed by atoms with Crippen molar-refractivity contribution in [3.05, 3.63) is 35.9 Å². The molecule has 1 aliphatic carbocycles. The standard InChI is InChI=1S/C17H24N2O4S/c20-17(23-11-13-5-2-1-3-6-13)19-16-9-15(10-16)18-14-7-4-8-24(21,22)12-14/h1-3,5-6,14-16,18H,4,7-12H2,(H,19,20). The van der Waals surface area contributed by atoms with E-state index >= 15 is 0 Å². The summed E-state index contributed by atoms with van der Waals surface area (Å²) in [6.07, 6.45) is 2.88. The van der Waals surface area contributed by atoms with Gasteiger partial charge in [0, 0.05) is 18.1 Å². The van der Waals surface area contributed by atoms with Crippen LogP contribution in [0.25, 0.3) is 0 Å². The van der Waals surface area contributed by atoms with E-state index in [0.717, 1.165) is 31.2 Å². The molecule has 1 atom stereocenters. The summed E-state index contributed by atoms with van der Waals surface area (Å²) in [6, 6.07) is 9.99. The van der Waals surface area contributed by atoms with Crippen molar-refractivity contribution in [1.29, 1.82) is 0 Å². The van der Waals surface area contributed by atoms with Crippen molar-refractivity contribution in [3.8, 4) is 0 Å². The lowest BCUT2D eigenvalue weighted by atomic mass is 9.86. The van der Waals surface area contributed by atoms with Gasteiger partial charge in [-0.3, -0.25) is 0 Å². The molecule has 7 heteroatoms. The van der Waals surface area contributed by atoms with Crippen LogP contribution in [-0.4, -0.2) is 44.1 Å². The molecule has 1 aromatic rings. The second kappa shape index (κ2) is 7.53. The van der Waals surface area contributed by atoms with Gasteiger partial charge in [0.15, 0.2) is 9.84 Å². The predicted octanol–water partition coefficient (Wildman–Crippen LogP) is 1.61. The Bertz CT molecular complexity index is 656. The molecule has 24 heavy (non-hydrogen) atoms. The van der Waals surface area contributed by atoms with Gasteiger partial charge >= 0.3 is 6.09 Å². The summed E-state index contributed by atoms with van der Waals surface area (Å²) in [5.41, 5.74) is 0.958. The van der Waals surface area contributed by atoms with Crippen molar-refractivity contribution in [2.24, 2.45) is 0 Å². The van der Waals surface area contributed by atoms with Crippen molar-refractivity contribution in [2.45, 2.75) is 50.4 Å². The molecule has 1 unspecified atom stereocenters. The monoisotopic (exact) mass is 352 g/mol. The van der Waals surface area contributed by atoms with Crippen LogP contribution < -0.4 is 10.6 Å². The molecule has 1 saturated carbocycles. The number of rotatable bonds is 5. The molecule has 132 valence electrons. The van der Waals surface area contributed by atoms with Gasteiger partial charge in [0.05, 0.1) is 11.5 Å². The third kappa shape index (κ3) is 4.95. The topological polar surface area (TPSA) is 84.5 Å². The van der Waals surface area contributed by atoms with E-state index in [1.54, 1.807) is 0 Å². The van der Waals surface area contributed by atoms with Gasteiger partial charge < -0.3 is 15.4 Å². The van der Waals surface area contributed by atoms with Crippen molar-refractivity contribution < 1.29 is 17.9 Å². The van der Waals surface area contributed by atoms with Crippen molar-refractivity contribution in [2.75, 3.05) is 11.5 Å². The van der Waals surface area contributed by atoms with E-state index in [4.69, 9.17) is 4.74 Å². The molecule has 1 amide bonds. The predicted molar refractivity (Wildman–Crippen MR) is 91.4 cm³/mol. The highest BCUT2D eigenvalue weighted by molar-refractivity contribution is 7.91. The Kier molecular flexibility index (Phi) is 5.40. The molecule has 0 radical (unpaired) electrons. The third-order valence-corrected chi connectivity index (χ3v) is 6.43. The first-order valence-corrected chi connectivity index (χ1v) is 10.3. The average molecular weight is 352 g/mol. The van der Waals surface area contributed by atoms with Crippen LogP contribution in [-0.2, 0) is 21.2 Å². The highest BCUT2D eigenvalue weighted by Crippen LogP contribution is 2.23. The van der Waals surface area contributed by atoms with Crippen LogP contribution in [0.3, 0.4) is 0 Å². The van der Waals surface area contributed by atoms with E-state index in [2.05, 4.69) is 10.6 Å². The number of alkyl carbamates (subject to hydrolysis) is 1. The van der Waals surface area contributed by atoms with Crippen molar-refractivity contribution in [3.63, 3.8) is 0 Å². The minimum Gasteiger partial charge on any atom is -0.445 e. The van der Waals surface area contributed by atoms with Gasteiger partial charge in [0.1, 0.15) is 6.61 Å². The lowest BCUT2D eigenvalue weighted by molar-refractivity contribution is 0.124. The highest BCUT2D eigenvalue weighted by atomic mass is 32.2. The number of benzene rings is 1. The van der Waals surface area contributed by atoms with Crippen LogP contribution >= 0.6 is 0 Å². The molecule has 1 saturated heterocycles. The lowest BCUT2D eigenvalue weighted by Gasteiger charge is -2.39. The number of hydrogen-bond acceptors (Lipinski definition) is 5. The first-order chi connectivity index (χ1) is 11.5. The smallest absolute Gasteiger partial charge is 0.407 e. The summed E-state index contributed by atoms with van der Waals surface area (Å²) >= 11 is 0. The van der Waals surface area contributed by atoms with Gasteiger partial charge in [-0.25, -0.2) is 13.2 Å². The molecule has 3 rings (SSSR count). The fraction of sp³-hybridized carbons (Fsp3) is 0.588. The number of ether oxygens (including phenoxy) is 1. The summed E-state index contributed by atoms with van der Waals surface area (Å²) in [6.45, 7) is 0.265. The van der Waals surface area contributed by atoms with Gasteiger partial charge in [-0.1, -0.05) is 30.3 Å². The van der Waals surface area contributed by atoms with Crippen LogP contribution in [0.5, 0.6) is 0 Å². The maximum absolute atomic E-state index is 11.8. The zero-order valence-corrected chi connectivity index (χ0v) is 14.4. The molecule has 0 spiro atoms. The van der Waals surface area contributed by atoms with Gasteiger partial charge in [-0.2, -0.15) is 0 Å². The third-order valence-electron chi connectivity index (χ3n) is 4.61. The van der Waals surface area contributed by atoms with E-state index < -0.39 is 15.9 Å². The SMILES string of the molecule is O=C(NC1CC(NC2CCCS(=O)(=O)C2)C1)OCc1ccccc1. The van der Waals surface area contributed by atoms with Crippen molar-refractivity contribution in [1.82, 2.24) is 10.6 Å². The number of carbonyl (C=O) groups is 1. The first-order valence-electron chi connectivity index (χ1n) is 8.44. The Morgan fingerprint density at radius 1 is 1.12 bits per heavy atom. The first kappa shape index (κ1) is 17.2. The normalized spacial score (nSPS) is 28.6. The van der Waals surface area contributed by atoms with Crippen LogP contribution in [0, 0.1) is 0 Å². The number of sulfone groups is 1. The second-order valence-corrected chi connectivity index (χ2v) is 8.92. The van der Waals surface area contributed by atoms with Crippen LogP contribution in [0.15, 0.2) is 30.3 Å². The van der Waals surface area contributed by atoms with E-state index in [1.807, 2.05) is 30.3 Å². The van der Waals surface area contributed by atoms with Crippen molar-refractivity contribution >= 4 is 15.9 Å².